The van der Waals surface area contributed by atoms with Crippen molar-refractivity contribution in [2.24, 2.45) is 0 Å². The second kappa shape index (κ2) is 4.30. The first-order chi connectivity index (χ1) is 7.24. The topological polar surface area (TPSA) is 42.0 Å². The highest BCUT2D eigenvalue weighted by Crippen LogP contribution is 2.11. The molecule has 4 heteroatoms. The van der Waals surface area contributed by atoms with E-state index in [9.17, 15) is 4.79 Å². The van der Waals surface area contributed by atoms with Crippen molar-refractivity contribution in [3.8, 4) is 0 Å². The summed E-state index contributed by atoms with van der Waals surface area (Å²) < 4.78 is 0. The van der Waals surface area contributed by atoms with Crippen LogP contribution in [0.4, 0.5) is 0 Å². The summed E-state index contributed by atoms with van der Waals surface area (Å²) >= 11 is 0. The molecule has 1 N–H and O–H groups in total. The number of pyridine rings is 1. The second-order valence-corrected chi connectivity index (χ2v) is 3.54. The number of ketones is 1. The maximum absolute atomic E-state index is 11.0. The maximum Gasteiger partial charge on any atom is 0.157 e. The van der Waals surface area contributed by atoms with Crippen LogP contribution in [-0.2, 0) is 11.3 Å². The van der Waals surface area contributed by atoms with Gasteiger partial charge in [0.2, 0.25) is 0 Å². The van der Waals surface area contributed by atoms with Crippen LogP contribution in [0.1, 0.15) is 18.5 Å². The predicted octanol–water partition coefficient (Wildman–Crippen LogP) is 0.212. The number of carbonyl (C=O) groups excluding carboxylic acids is 1. The molecule has 0 saturated heterocycles. The Hall–Kier alpha value is -1.58. The molecule has 0 bridgehead atoms. The molecule has 0 aliphatic heterocycles. The molecule has 2 radical (unpaired) electrons. The third-order valence-corrected chi connectivity index (χ3v) is 2.30. The monoisotopic (exact) mass is 198 g/mol. The molecule has 1 aromatic heterocycles. The van der Waals surface area contributed by atoms with E-state index in [1.807, 2.05) is 12.1 Å². The summed E-state index contributed by atoms with van der Waals surface area (Å²) in [4.78, 5) is 15.1. The van der Waals surface area contributed by atoms with E-state index in [1.54, 1.807) is 12.1 Å². The summed E-state index contributed by atoms with van der Waals surface area (Å²) in [6.45, 7) is 0.615. The maximum atomic E-state index is 11.0. The normalized spacial score (nSPS) is 15.2. The van der Waals surface area contributed by atoms with Gasteiger partial charge in [-0.05, 0) is 18.1 Å². The molecule has 1 aliphatic rings. The smallest absolute Gasteiger partial charge is 0.157 e. The molecule has 15 heavy (non-hydrogen) atoms. The van der Waals surface area contributed by atoms with Gasteiger partial charge in [-0.1, -0.05) is 12.1 Å². The van der Waals surface area contributed by atoms with Crippen molar-refractivity contribution in [3.05, 3.63) is 35.7 Å². The van der Waals surface area contributed by atoms with E-state index in [0.29, 0.717) is 18.6 Å². The molecule has 0 atom stereocenters. The van der Waals surface area contributed by atoms with Gasteiger partial charge in [0, 0.05) is 18.2 Å². The number of hydrogen-bond donors (Lipinski definition) is 1. The van der Waals surface area contributed by atoms with Crippen LogP contribution in [0.3, 0.4) is 0 Å². The Bertz CT molecular complexity index is 415. The molecular weight excluding hydrogens is 187 g/mol. The van der Waals surface area contributed by atoms with E-state index in [2.05, 4.69) is 10.3 Å². The molecule has 0 aromatic carbocycles. The van der Waals surface area contributed by atoms with Gasteiger partial charge in [0.1, 0.15) is 7.85 Å². The quantitative estimate of drug-likeness (QED) is 0.706. The van der Waals surface area contributed by atoms with Crippen LogP contribution >= 0.6 is 0 Å². The van der Waals surface area contributed by atoms with Crippen molar-refractivity contribution in [1.82, 2.24) is 10.3 Å². The second-order valence-electron chi connectivity index (χ2n) is 3.54. The first kappa shape index (κ1) is 9.96. The van der Waals surface area contributed by atoms with Gasteiger partial charge in [-0.2, -0.15) is 0 Å². The van der Waals surface area contributed by atoms with Gasteiger partial charge in [-0.3, -0.25) is 9.78 Å². The summed E-state index contributed by atoms with van der Waals surface area (Å²) in [5, 5.41) is 3.18. The SMILES string of the molecule is [B]c1cccc(CNC2=CC(=O)CC2)n1. The minimum Gasteiger partial charge on any atom is -0.383 e. The minimum absolute atomic E-state index is 0.193. The average Bonchev–Trinajstić information content (AvgIpc) is 2.62. The summed E-state index contributed by atoms with van der Waals surface area (Å²) in [7, 11) is 5.56. The summed E-state index contributed by atoms with van der Waals surface area (Å²) in [6.07, 6.45) is 3.08. The molecule has 0 fully saturated rings. The van der Waals surface area contributed by atoms with Crippen LogP contribution in [0.2, 0.25) is 0 Å². The van der Waals surface area contributed by atoms with Crippen molar-refractivity contribution in [1.29, 1.82) is 0 Å². The zero-order valence-electron chi connectivity index (χ0n) is 8.36. The van der Waals surface area contributed by atoms with Crippen LogP contribution in [-0.4, -0.2) is 18.6 Å². The number of allylic oxidation sites excluding steroid dienone is 2. The molecule has 0 spiro atoms. The van der Waals surface area contributed by atoms with Crippen LogP contribution in [0.5, 0.6) is 0 Å². The zero-order chi connectivity index (χ0) is 10.7. The number of carbonyl (C=O) groups is 1. The highest BCUT2D eigenvalue weighted by Gasteiger charge is 2.10. The van der Waals surface area contributed by atoms with Crippen molar-refractivity contribution in [2.45, 2.75) is 19.4 Å². The van der Waals surface area contributed by atoms with Gasteiger partial charge in [-0.25, -0.2) is 0 Å². The molecular formula is C11H11BN2O. The zero-order valence-corrected chi connectivity index (χ0v) is 8.36. The Kier molecular flexibility index (Phi) is 2.85. The van der Waals surface area contributed by atoms with E-state index in [1.165, 1.54) is 0 Å². The highest BCUT2D eigenvalue weighted by molar-refractivity contribution is 6.30. The van der Waals surface area contributed by atoms with E-state index < -0.39 is 0 Å². The summed E-state index contributed by atoms with van der Waals surface area (Å²) in [5.41, 5.74) is 2.39. The summed E-state index contributed by atoms with van der Waals surface area (Å²) in [6, 6.07) is 5.52. The molecule has 1 aliphatic carbocycles. The summed E-state index contributed by atoms with van der Waals surface area (Å²) in [5.74, 6) is 0.193. The molecule has 2 rings (SSSR count). The Morgan fingerprint density at radius 2 is 2.27 bits per heavy atom. The Morgan fingerprint density at radius 3 is 2.93 bits per heavy atom. The number of nitrogens with zero attached hydrogens (tertiary/aromatic N) is 1. The van der Waals surface area contributed by atoms with Gasteiger partial charge in [0.05, 0.1) is 12.2 Å². The van der Waals surface area contributed by atoms with Crippen LogP contribution in [0, 0.1) is 0 Å². The Morgan fingerprint density at radius 1 is 1.40 bits per heavy atom. The fourth-order valence-electron chi connectivity index (χ4n) is 1.54. The van der Waals surface area contributed by atoms with Gasteiger partial charge >= 0.3 is 0 Å². The third-order valence-electron chi connectivity index (χ3n) is 2.30. The van der Waals surface area contributed by atoms with Crippen molar-refractivity contribution < 1.29 is 4.79 Å². The van der Waals surface area contributed by atoms with Gasteiger partial charge in [-0.15, -0.1) is 0 Å². The van der Waals surface area contributed by atoms with Crippen molar-refractivity contribution in [3.63, 3.8) is 0 Å². The Balaban J connectivity index is 1.93. The van der Waals surface area contributed by atoms with Crippen LogP contribution < -0.4 is 10.9 Å². The predicted molar refractivity (Wildman–Crippen MR) is 58.8 cm³/mol. The molecule has 3 nitrogen and oxygen atoms in total. The van der Waals surface area contributed by atoms with E-state index >= 15 is 0 Å². The molecule has 0 unspecified atom stereocenters. The number of nitrogens with one attached hydrogen (secondary N) is 1. The largest absolute Gasteiger partial charge is 0.383 e. The molecule has 0 saturated carbocycles. The van der Waals surface area contributed by atoms with Crippen molar-refractivity contribution >= 4 is 19.2 Å². The highest BCUT2D eigenvalue weighted by atomic mass is 16.1. The first-order valence-corrected chi connectivity index (χ1v) is 4.93. The van der Waals surface area contributed by atoms with E-state index in [4.69, 9.17) is 7.85 Å². The fraction of sp³-hybridized carbons (Fsp3) is 0.273. The third kappa shape index (κ3) is 2.69. The van der Waals surface area contributed by atoms with Gasteiger partial charge < -0.3 is 5.32 Å². The standard InChI is InChI=1S/C11H11BN2O/c12-11-3-1-2-9(14-11)7-13-8-4-5-10(15)6-8/h1-3,6,13H,4-5,7H2. The van der Waals surface area contributed by atoms with Crippen LogP contribution in [0.15, 0.2) is 30.0 Å². The molecule has 74 valence electrons. The number of hydrogen-bond acceptors (Lipinski definition) is 3. The molecule has 1 heterocycles. The lowest BCUT2D eigenvalue weighted by molar-refractivity contribution is -0.114. The first-order valence-electron chi connectivity index (χ1n) is 4.93. The van der Waals surface area contributed by atoms with Gasteiger partial charge in [0.25, 0.3) is 0 Å². The van der Waals surface area contributed by atoms with Crippen LogP contribution in [0.25, 0.3) is 0 Å². The number of aromatic nitrogens is 1. The number of rotatable bonds is 3. The lowest BCUT2D eigenvalue weighted by atomic mass is 10.0. The molecule has 1 aromatic rings. The lowest BCUT2D eigenvalue weighted by Gasteiger charge is -2.06. The molecule has 0 amide bonds. The Labute approximate surface area is 90.0 Å². The van der Waals surface area contributed by atoms with Crippen molar-refractivity contribution in [2.75, 3.05) is 0 Å². The average molecular weight is 198 g/mol. The van der Waals surface area contributed by atoms with E-state index in [0.717, 1.165) is 17.8 Å². The lowest BCUT2D eigenvalue weighted by Crippen LogP contribution is -2.16. The van der Waals surface area contributed by atoms with E-state index in [-0.39, 0.29) is 5.78 Å². The van der Waals surface area contributed by atoms with Gasteiger partial charge in [0.15, 0.2) is 5.78 Å². The minimum atomic E-state index is 0.193. The fourth-order valence-corrected chi connectivity index (χ4v) is 1.54.